The fraction of sp³-hybridized carbons (Fsp3) is 0.231. The fourth-order valence-corrected chi connectivity index (χ4v) is 4.24. The van der Waals surface area contributed by atoms with E-state index in [1.807, 2.05) is 0 Å². The Morgan fingerprint density at radius 3 is 2.54 bits per heavy atom. The van der Waals surface area contributed by atoms with E-state index in [9.17, 15) is 31.9 Å². The maximum atomic E-state index is 14.8. The molecule has 1 aliphatic rings. The van der Waals surface area contributed by atoms with Crippen molar-refractivity contribution >= 4 is 23.5 Å². The molecule has 1 unspecified atom stereocenters. The third-order valence-corrected chi connectivity index (χ3v) is 5.88. The number of nitrogens with zero attached hydrogens (tertiary/aromatic N) is 1. The molecular weight excluding hydrogens is 526 g/mol. The number of carbonyl (C=O) groups is 3. The molecule has 1 aliphatic heterocycles. The first kappa shape index (κ1) is 27.4. The number of halogens is 4. The normalized spacial score (nSPS) is 16.4. The molecule has 2 aromatic carbocycles. The zero-order chi connectivity index (χ0) is 28.4. The highest BCUT2D eigenvalue weighted by molar-refractivity contribution is 6.04. The third kappa shape index (κ3) is 5.76. The smallest absolute Gasteiger partial charge is 0.491 e. The van der Waals surface area contributed by atoms with Crippen molar-refractivity contribution < 1.29 is 46.2 Å². The number of hydrogen-bond donors (Lipinski definition) is 2. The zero-order valence-corrected chi connectivity index (χ0v) is 20.5. The second-order valence-electron chi connectivity index (χ2n) is 8.43. The first-order chi connectivity index (χ1) is 18.4. The lowest BCUT2D eigenvalue weighted by molar-refractivity contribution is -0.275. The molecule has 1 aromatic heterocycles. The molecule has 13 heteroatoms. The van der Waals surface area contributed by atoms with Crippen LogP contribution in [0.25, 0.3) is 0 Å². The van der Waals surface area contributed by atoms with Crippen molar-refractivity contribution in [3.05, 3.63) is 82.9 Å². The van der Waals surface area contributed by atoms with Crippen molar-refractivity contribution in [1.82, 2.24) is 10.3 Å². The molecule has 0 radical (unpaired) electrons. The highest BCUT2D eigenvalue weighted by Gasteiger charge is 2.43. The summed E-state index contributed by atoms with van der Waals surface area (Å²) < 4.78 is 67.0. The van der Waals surface area contributed by atoms with Gasteiger partial charge in [0.2, 0.25) is 5.91 Å². The van der Waals surface area contributed by atoms with Crippen LogP contribution in [-0.2, 0) is 15.1 Å². The van der Waals surface area contributed by atoms with Crippen LogP contribution in [0.3, 0.4) is 0 Å². The Morgan fingerprint density at radius 2 is 1.87 bits per heavy atom. The first-order valence-corrected chi connectivity index (χ1v) is 11.4. The van der Waals surface area contributed by atoms with E-state index in [1.165, 1.54) is 37.4 Å². The number of anilines is 1. The Balaban J connectivity index is 1.80. The maximum absolute atomic E-state index is 14.8. The molecule has 2 N–H and O–H groups in total. The molecular formula is C26H21F4N3O6. The van der Waals surface area contributed by atoms with Gasteiger partial charge in [0.1, 0.15) is 17.0 Å². The molecule has 0 fully saturated rings. The van der Waals surface area contributed by atoms with Gasteiger partial charge in [0.25, 0.3) is 5.91 Å². The van der Waals surface area contributed by atoms with Gasteiger partial charge in [-0.25, -0.2) is 9.18 Å². The van der Waals surface area contributed by atoms with Crippen molar-refractivity contribution in [3.8, 4) is 11.5 Å². The third-order valence-electron chi connectivity index (χ3n) is 5.88. The number of hydrogen-bond acceptors (Lipinski definition) is 7. The molecule has 0 bridgehead atoms. The lowest BCUT2D eigenvalue weighted by Gasteiger charge is -2.39. The van der Waals surface area contributed by atoms with E-state index >= 15 is 0 Å². The minimum Gasteiger partial charge on any atom is -0.491 e. The van der Waals surface area contributed by atoms with Gasteiger partial charge in [-0.2, -0.15) is 0 Å². The van der Waals surface area contributed by atoms with Gasteiger partial charge >= 0.3 is 12.3 Å². The predicted octanol–water partition coefficient (Wildman–Crippen LogP) is 4.32. The fourth-order valence-electron chi connectivity index (χ4n) is 4.24. The number of fused-ring (bicyclic) bond motifs is 1. The molecule has 4 rings (SSSR count). The summed E-state index contributed by atoms with van der Waals surface area (Å²) in [5.74, 6) is -4.04. The molecule has 39 heavy (non-hydrogen) atoms. The number of methoxy groups -OCH3 is 1. The molecule has 204 valence electrons. The molecule has 2 heterocycles. The highest BCUT2D eigenvalue weighted by Crippen LogP contribution is 2.42. The molecule has 0 aliphatic carbocycles. The average molecular weight is 547 g/mol. The molecule has 0 saturated carbocycles. The lowest BCUT2D eigenvalue weighted by atomic mass is 9.81. The van der Waals surface area contributed by atoms with Crippen LogP contribution in [0.4, 0.5) is 23.2 Å². The number of pyridine rings is 1. The van der Waals surface area contributed by atoms with Gasteiger partial charge in [-0.1, -0.05) is 6.07 Å². The molecule has 1 atom stereocenters. The van der Waals surface area contributed by atoms with Crippen LogP contribution in [-0.4, -0.2) is 42.8 Å². The van der Waals surface area contributed by atoms with Crippen LogP contribution in [0.15, 0.2) is 54.7 Å². The number of alkyl halides is 3. The van der Waals surface area contributed by atoms with Crippen molar-refractivity contribution in [2.75, 3.05) is 19.0 Å². The average Bonchev–Trinajstić information content (AvgIpc) is 2.88. The van der Waals surface area contributed by atoms with Gasteiger partial charge in [0.15, 0.2) is 11.6 Å². The Morgan fingerprint density at radius 1 is 1.10 bits per heavy atom. The zero-order valence-electron chi connectivity index (χ0n) is 20.5. The van der Waals surface area contributed by atoms with E-state index in [0.717, 1.165) is 19.2 Å². The largest absolute Gasteiger partial charge is 0.573 e. The number of nitrogens with one attached hydrogen (secondary N) is 2. The first-order valence-electron chi connectivity index (χ1n) is 11.4. The SMILES string of the molecule is COC(=O)c1ccc(C(=O)NC2(c3ccc(OC(F)(F)F)c(F)c3)CCOc3cccnc32)cc1NC(C)=O. The minimum absolute atomic E-state index is 0.000587. The Kier molecular flexibility index (Phi) is 7.43. The topological polar surface area (TPSA) is 116 Å². The number of benzene rings is 2. The highest BCUT2D eigenvalue weighted by atomic mass is 19.4. The van der Waals surface area contributed by atoms with Crippen molar-refractivity contribution in [2.45, 2.75) is 25.2 Å². The quantitative estimate of drug-likeness (QED) is 0.349. The van der Waals surface area contributed by atoms with E-state index in [2.05, 4.69) is 20.4 Å². The van der Waals surface area contributed by atoms with Gasteiger partial charge in [-0.15, -0.1) is 13.2 Å². The molecule has 0 spiro atoms. The Bertz CT molecular complexity index is 1450. The summed E-state index contributed by atoms with van der Waals surface area (Å²) in [5.41, 5.74) is -1.23. The summed E-state index contributed by atoms with van der Waals surface area (Å²) in [6.07, 6.45) is -3.64. The number of ether oxygens (including phenoxy) is 3. The van der Waals surface area contributed by atoms with Gasteiger partial charge in [0.05, 0.1) is 25.0 Å². The van der Waals surface area contributed by atoms with Crippen molar-refractivity contribution in [2.24, 2.45) is 0 Å². The predicted molar refractivity (Wildman–Crippen MR) is 128 cm³/mol. The van der Waals surface area contributed by atoms with Crippen LogP contribution in [0.1, 0.15) is 45.3 Å². The van der Waals surface area contributed by atoms with E-state index < -0.39 is 41.3 Å². The Labute approximate surface area is 219 Å². The minimum atomic E-state index is -5.11. The molecule has 0 saturated heterocycles. The summed E-state index contributed by atoms with van der Waals surface area (Å²) in [7, 11) is 1.16. The second-order valence-corrected chi connectivity index (χ2v) is 8.43. The number of carbonyl (C=O) groups excluding carboxylic acids is 3. The van der Waals surface area contributed by atoms with E-state index in [0.29, 0.717) is 0 Å². The molecule has 3 aromatic rings. The van der Waals surface area contributed by atoms with Crippen LogP contribution >= 0.6 is 0 Å². The maximum Gasteiger partial charge on any atom is 0.573 e. The summed E-state index contributed by atoms with van der Waals surface area (Å²) in [4.78, 5) is 41.7. The van der Waals surface area contributed by atoms with Crippen LogP contribution in [0.5, 0.6) is 11.5 Å². The Hall–Kier alpha value is -4.68. The van der Waals surface area contributed by atoms with Crippen LogP contribution in [0.2, 0.25) is 0 Å². The molecule has 9 nitrogen and oxygen atoms in total. The number of rotatable bonds is 6. The van der Waals surface area contributed by atoms with Crippen LogP contribution < -0.4 is 20.1 Å². The summed E-state index contributed by atoms with van der Waals surface area (Å²) >= 11 is 0. The van der Waals surface area contributed by atoms with Crippen molar-refractivity contribution in [1.29, 1.82) is 0 Å². The van der Waals surface area contributed by atoms with Crippen molar-refractivity contribution in [3.63, 3.8) is 0 Å². The summed E-state index contributed by atoms with van der Waals surface area (Å²) in [6.45, 7) is 1.27. The van der Waals surface area contributed by atoms with Gasteiger partial charge in [0, 0.05) is 25.1 Å². The van der Waals surface area contributed by atoms with E-state index in [-0.39, 0.29) is 46.8 Å². The summed E-state index contributed by atoms with van der Waals surface area (Å²) in [5, 5.41) is 5.29. The van der Waals surface area contributed by atoms with Gasteiger partial charge in [-0.05, 0) is 48.0 Å². The van der Waals surface area contributed by atoms with E-state index in [4.69, 9.17) is 9.47 Å². The number of esters is 1. The summed E-state index contributed by atoms with van der Waals surface area (Å²) in [6, 6.07) is 9.87. The van der Waals surface area contributed by atoms with Gasteiger partial charge < -0.3 is 24.8 Å². The standard InChI is InChI=1S/C26H21F4N3O6/c1-14(34)32-19-12-15(5-7-17(19)24(36)37-2)23(35)33-25(9-11-38-21-4-3-10-31-22(21)25)16-6-8-20(18(27)13-16)39-26(28,29)30/h3-8,10,12-13H,9,11H2,1-2H3,(H,32,34)(H,33,35). The lowest BCUT2D eigenvalue weighted by Crippen LogP contribution is -2.50. The monoisotopic (exact) mass is 547 g/mol. The number of amides is 2. The second kappa shape index (κ2) is 10.6. The van der Waals surface area contributed by atoms with E-state index in [1.54, 1.807) is 12.1 Å². The number of aromatic nitrogens is 1. The van der Waals surface area contributed by atoms with Crippen LogP contribution in [0, 0.1) is 5.82 Å². The molecule has 2 amide bonds. The van der Waals surface area contributed by atoms with Gasteiger partial charge in [-0.3, -0.25) is 14.6 Å².